The summed E-state index contributed by atoms with van der Waals surface area (Å²) in [6.07, 6.45) is 2.17. The van der Waals surface area contributed by atoms with Crippen molar-refractivity contribution in [2.75, 3.05) is 0 Å². The molecule has 2 aromatic carbocycles. The van der Waals surface area contributed by atoms with E-state index < -0.39 is 0 Å². The monoisotopic (exact) mass is 284 g/mol. The first-order chi connectivity index (χ1) is 9.96. The Morgan fingerprint density at radius 1 is 0.667 bits per heavy atom. The molecule has 0 bridgehead atoms. The highest BCUT2D eigenvalue weighted by molar-refractivity contribution is 5.50. The van der Waals surface area contributed by atoms with Crippen LogP contribution in [0.15, 0.2) is 24.3 Å². The predicted octanol–water partition coefficient (Wildman–Crippen LogP) is 4.43. The molecule has 21 heavy (non-hydrogen) atoms. The Kier molecular flexibility index (Phi) is 4.56. The maximum absolute atomic E-state index is 10.4. The van der Waals surface area contributed by atoms with Crippen LogP contribution < -0.4 is 0 Å². The third-order valence-corrected chi connectivity index (χ3v) is 3.97. The van der Waals surface area contributed by atoms with Crippen molar-refractivity contribution >= 4 is 0 Å². The highest BCUT2D eigenvalue weighted by atomic mass is 16.3. The highest BCUT2D eigenvalue weighted by Crippen LogP contribution is 2.32. The number of rotatable bonds is 4. The SMILES string of the molecule is CCc1cc(C)cc(Cc2cc(C)cc(CC)c2O)c1O. The van der Waals surface area contributed by atoms with Gasteiger partial charge < -0.3 is 10.2 Å². The van der Waals surface area contributed by atoms with E-state index in [9.17, 15) is 10.2 Å². The van der Waals surface area contributed by atoms with E-state index in [-0.39, 0.29) is 0 Å². The van der Waals surface area contributed by atoms with Gasteiger partial charge in [-0.05, 0) is 48.9 Å². The van der Waals surface area contributed by atoms with Gasteiger partial charge in [-0.1, -0.05) is 49.2 Å². The Hall–Kier alpha value is -1.96. The van der Waals surface area contributed by atoms with E-state index in [2.05, 4.69) is 0 Å². The van der Waals surface area contributed by atoms with Crippen LogP contribution in [0.3, 0.4) is 0 Å². The van der Waals surface area contributed by atoms with Crippen LogP contribution >= 0.6 is 0 Å². The largest absolute Gasteiger partial charge is 0.507 e. The zero-order valence-corrected chi connectivity index (χ0v) is 13.3. The maximum Gasteiger partial charge on any atom is 0.122 e. The normalized spacial score (nSPS) is 10.9. The molecule has 0 unspecified atom stereocenters. The van der Waals surface area contributed by atoms with Crippen LogP contribution in [0.4, 0.5) is 0 Å². The van der Waals surface area contributed by atoms with E-state index in [0.717, 1.165) is 46.2 Å². The number of hydrogen-bond acceptors (Lipinski definition) is 2. The minimum atomic E-state index is 0.363. The van der Waals surface area contributed by atoms with Crippen LogP contribution in [0, 0.1) is 13.8 Å². The molecule has 0 saturated carbocycles. The zero-order chi connectivity index (χ0) is 15.6. The lowest BCUT2D eigenvalue weighted by Gasteiger charge is -2.14. The molecule has 0 radical (unpaired) electrons. The van der Waals surface area contributed by atoms with E-state index in [1.165, 1.54) is 0 Å². The first-order valence-corrected chi connectivity index (χ1v) is 7.59. The molecule has 0 aliphatic heterocycles. The second-order valence-corrected chi connectivity index (χ2v) is 5.75. The molecule has 0 atom stereocenters. The molecule has 2 N–H and O–H groups in total. The lowest BCUT2D eigenvalue weighted by atomic mass is 9.94. The minimum absolute atomic E-state index is 0.363. The summed E-state index contributed by atoms with van der Waals surface area (Å²) in [6.45, 7) is 8.15. The standard InChI is InChI=1S/C19H24O2/c1-5-14-7-12(3)9-16(18(14)20)11-17-10-13(4)8-15(6-2)19(17)21/h7-10,20-21H,5-6,11H2,1-4H3. The maximum atomic E-state index is 10.4. The van der Waals surface area contributed by atoms with Crippen molar-refractivity contribution in [2.45, 2.75) is 47.0 Å². The molecule has 0 fully saturated rings. The van der Waals surface area contributed by atoms with Gasteiger partial charge in [-0.25, -0.2) is 0 Å². The highest BCUT2D eigenvalue weighted by Gasteiger charge is 2.13. The van der Waals surface area contributed by atoms with Gasteiger partial charge in [-0.2, -0.15) is 0 Å². The van der Waals surface area contributed by atoms with Crippen molar-refractivity contribution in [2.24, 2.45) is 0 Å². The molecule has 0 aliphatic rings. The third kappa shape index (κ3) is 3.21. The number of phenols is 2. The summed E-state index contributed by atoms with van der Waals surface area (Å²) >= 11 is 0. The molecule has 0 aromatic heterocycles. The summed E-state index contributed by atoms with van der Waals surface area (Å²) in [5.41, 5.74) is 5.98. The van der Waals surface area contributed by atoms with Gasteiger partial charge in [0, 0.05) is 6.42 Å². The first-order valence-electron chi connectivity index (χ1n) is 7.59. The second-order valence-electron chi connectivity index (χ2n) is 5.75. The smallest absolute Gasteiger partial charge is 0.122 e. The van der Waals surface area contributed by atoms with Gasteiger partial charge in [0.2, 0.25) is 0 Å². The molecular formula is C19H24O2. The predicted molar refractivity (Wildman–Crippen MR) is 87.2 cm³/mol. The minimum Gasteiger partial charge on any atom is -0.507 e. The second kappa shape index (κ2) is 6.21. The summed E-state index contributed by atoms with van der Waals surface area (Å²) in [6, 6.07) is 8.04. The number of aromatic hydroxyl groups is 2. The molecule has 2 nitrogen and oxygen atoms in total. The van der Waals surface area contributed by atoms with Crippen molar-refractivity contribution in [1.29, 1.82) is 0 Å². The Bertz CT molecular complexity index is 600. The molecule has 2 heteroatoms. The summed E-state index contributed by atoms with van der Waals surface area (Å²) in [7, 11) is 0. The van der Waals surface area contributed by atoms with Crippen LogP contribution in [-0.2, 0) is 19.3 Å². The Morgan fingerprint density at radius 3 is 1.33 bits per heavy atom. The Morgan fingerprint density at radius 2 is 1.00 bits per heavy atom. The van der Waals surface area contributed by atoms with Crippen LogP contribution in [0.25, 0.3) is 0 Å². The third-order valence-electron chi connectivity index (χ3n) is 3.97. The molecule has 0 saturated heterocycles. The fraction of sp³-hybridized carbons (Fsp3) is 0.368. The summed E-state index contributed by atoms with van der Waals surface area (Å²) in [5.74, 6) is 0.726. The van der Waals surface area contributed by atoms with Gasteiger partial charge >= 0.3 is 0 Å². The summed E-state index contributed by atoms with van der Waals surface area (Å²) < 4.78 is 0. The van der Waals surface area contributed by atoms with Crippen molar-refractivity contribution in [1.82, 2.24) is 0 Å². The molecule has 2 aromatic rings. The van der Waals surface area contributed by atoms with Crippen LogP contribution in [0.5, 0.6) is 11.5 Å². The molecular weight excluding hydrogens is 260 g/mol. The van der Waals surface area contributed by atoms with Crippen molar-refractivity contribution in [3.63, 3.8) is 0 Å². The van der Waals surface area contributed by atoms with Crippen molar-refractivity contribution < 1.29 is 10.2 Å². The van der Waals surface area contributed by atoms with E-state index in [4.69, 9.17) is 0 Å². The quantitative estimate of drug-likeness (QED) is 0.872. The van der Waals surface area contributed by atoms with Crippen LogP contribution in [0.1, 0.15) is 47.2 Å². The molecule has 112 valence electrons. The average Bonchev–Trinajstić information content (AvgIpc) is 2.45. The van der Waals surface area contributed by atoms with Gasteiger partial charge in [0.15, 0.2) is 0 Å². The Labute approximate surface area is 127 Å². The van der Waals surface area contributed by atoms with Gasteiger partial charge in [-0.15, -0.1) is 0 Å². The lowest BCUT2D eigenvalue weighted by molar-refractivity contribution is 0.456. The lowest BCUT2D eigenvalue weighted by Crippen LogP contribution is -1.97. The van der Waals surface area contributed by atoms with Crippen LogP contribution in [0.2, 0.25) is 0 Å². The molecule has 0 amide bonds. The van der Waals surface area contributed by atoms with E-state index in [1.54, 1.807) is 0 Å². The van der Waals surface area contributed by atoms with Gasteiger partial charge in [0.05, 0.1) is 0 Å². The fourth-order valence-electron chi connectivity index (χ4n) is 2.88. The number of hydrogen-bond donors (Lipinski definition) is 2. The summed E-state index contributed by atoms with van der Waals surface area (Å²) in [4.78, 5) is 0. The van der Waals surface area contributed by atoms with E-state index in [0.29, 0.717) is 17.9 Å². The number of aryl methyl sites for hydroxylation is 4. The average molecular weight is 284 g/mol. The fourth-order valence-corrected chi connectivity index (χ4v) is 2.88. The zero-order valence-electron chi connectivity index (χ0n) is 13.3. The molecule has 0 spiro atoms. The topological polar surface area (TPSA) is 40.5 Å². The summed E-state index contributed by atoms with van der Waals surface area (Å²) in [5, 5.41) is 20.8. The van der Waals surface area contributed by atoms with Crippen LogP contribution in [-0.4, -0.2) is 10.2 Å². The Balaban J connectivity index is 2.48. The molecule has 0 heterocycles. The van der Waals surface area contributed by atoms with Crippen molar-refractivity contribution in [3.05, 3.63) is 57.6 Å². The van der Waals surface area contributed by atoms with Gasteiger partial charge in [-0.3, -0.25) is 0 Å². The van der Waals surface area contributed by atoms with Gasteiger partial charge in [0.1, 0.15) is 11.5 Å². The van der Waals surface area contributed by atoms with E-state index in [1.807, 2.05) is 52.0 Å². The molecule has 0 aliphatic carbocycles. The number of phenolic OH excluding ortho intramolecular Hbond substituents is 2. The van der Waals surface area contributed by atoms with Crippen molar-refractivity contribution in [3.8, 4) is 11.5 Å². The first kappa shape index (κ1) is 15.4. The molecule has 2 rings (SSSR count). The van der Waals surface area contributed by atoms with Gasteiger partial charge in [0.25, 0.3) is 0 Å². The number of benzene rings is 2. The van der Waals surface area contributed by atoms with E-state index >= 15 is 0 Å².